The first kappa shape index (κ1) is 17.2. The summed E-state index contributed by atoms with van der Waals surface area (Å²) < 4.78 is 6.81. The molecule has 0 aliphatic heterocycles. The number of aryl methyl sites for hydroxylation is 1. The van der Waals surface area contributed by atoms with E-state index in [0.29, 0.717) is 27.3 Å². The Hall–Kier alpha value is -3.25. The molecule has 0 spiro atoms. The standard InChI is InChI=1S/C20H14ClN3O3/c1-12-4-5-24-18(6-12)23-15(8-19(24)25)11-27-20(26)17-10-22-9-13-7-14(21)2-3-16(13)17/h2-10H,11H2,1H3. The minimum absolute atomic E-state index is 0.109. The lowest BCUT2D eigenvalue weighted by Crippen LogP contribution is -2.16. The van der Waals surface area contributed by atoms with Gasteiger partial charge in [-0.05, 0) is 42.1 Å². The molecule has 0 aliphatic rings. The van der Waals surface area contributed by atoms with Gasteiger partial charge in [-0.2, -0.15) is 0 Å². The quantitative estimate of drug-likeness (QED) is 0.509. The molecule has 0 N–H and O–H groups in total. The van der Waals surface area contributed by atoms with E-state index in [-0.39, 0.29) is 12.2 Å². The summed E-state index contributed by atoms with van der Waals surface area (Å²) in [5, 5.41) is 2.00. The Morgan fingerprint density at radius 1 is 1.19 bits per heavy atom. The molecule has 0 bridgehead atoms. The Kier molecular flexibility index (Phi) is 4.33. The van der Waals surface area contributed by atoms with Crippen LogP contribution in [0.4, 0.5) is 0 Å². The van der Waals surface area contributed by atoms with Gasteiger partial charge >= 0.3 is 5.97 Å². The molecule has 134 valence electrons. The minimum atomic E-state index is -0.540. The summed E-state index contributed by atoms with van der Waals surface area (Å²) in [5.41, 5.74) is 1.98. The number of benzene rings is 1. The third-order valence-corrected chi connectivity index (χ3v) is 4.40. The Bertz CT molecular complexity index is 1250. The largest absolute Gasteiger partial charge is 0.456 e. The molecule has 3 aromatic heterocycles. The summed E-state index contributed by atoms with van der Waals surface area (Å²) >= 11 is 5.98. The normalized spacial score (nSPS) is 11.0. The number of hydrogen-bond acceptors (Lipinski definition) is 5. The molecule has 0 saturated heterocycles. The highest BCUT2D eigenvalue weighted by Crippen LogP contribution is 2.22. The second-order valence-electron chi connectivity index (χ2n) is 6.15. The van der Waals surface area contributed by atoms with Crippen molar-refractivity contribution >= 4 is 34.0 Å². The van der Waals surface area contributed by atoms with E-state index in [0.717, 1.165) is 10.9 Å². The molecule has 6 nitrogen and oxygen atoms in total. The number of rotatable bonds is 3. The lowest BCUT2D eigenvalue weighted by Gasteiger charge is -2.08. The van der Waals surface area contributed by atoms with Crippen LogP contribution in [0.25, 0.3) is 16.4 Å². The summed E-state index contributed by atoms with van der Waals surface area (Å²) in [6.45, 7) is 1.81. The van der Waals surface area contributed by atoms with E-state index in [1.807, 2.05) is 13.0 Å². The lowest BCUT2D eigenvalue weighted by molar-refractivity contribution is 0.0469. The molecule has 0 unspecified atom stereocenters. The number of carbonyl (C=O) groups is 1. The Balaban J connectivity index is 1.61. The molecule has 3 heterocycles. The average Bonchev–Trinajstić information content (AvgIpc) is 2.65. The zero-order valence-electron chi connectivity index (χ0n) is 14.3. The van der Waals surface area contributed by atoms with Gasteiger partial charge in [0.1, 0.15) is 12.3 Å². The molecule has 0 amide bonds. The molecular weight excluding hydrogens is 366 g/mol. The van der Waals surface area contributed by atoms with Crippen molar-refractivity contribution in [3.8, 4) is 0 Å². The van der Waals surface area contributed by atoms with E-state index < -0.39 is 5.97 Å². The van der Waals surface area contributed by atoms with E-state index in [1.165, 1.54) is 16.7 Å². The molecule has 0 saturated carbocycles. The van der Waals surface area contributed by atoms with Crippen molar-refractivity contribution in [2.75, 3.05) is 0 Å². The maximum Gasteiger partial charge on any atom is 0.340 e. The SMILES string of the molecule is Cc1ccn2c(=O)cc(COC(=O)c3cncc4cc(Cl)ccc34)nc2c1. The van der Waals surface area contributed by atoms with Crippen molar-refractivity contribution in [3.05, 3.63) is 87.2 Å². The minimum Gasteiger partial charge on any atom is -0.456 e. The topological polar surface area (TPSA) is 73.6 Å². The van der Waals surface area contributed by atoms with Gasteiger partial charge in [-0.1, -0.05) is 17.7 Å². The lowest BCUT2D eigenvalue weighted by atomic mass is 10.1. The number of esters is 1. The van der Waals surface area contributed by atoms with Gasteiger partial charge in [-0.25, -0.2) is 9.78 Å². The highest BCUT2D eigenvalue weighted by atomic mass is 35.5. The molecule has 4 rings (SSSR count). The maximum absolute atomic E-state index is 12.5. The van der Waals surface area contributed by atoms with Crippen molar-refractivity contribution in [1.29, 1.82) is 0 Å². The fourth-order valence-corrected chi connectivity index (χ4v) is 3.04. The monoisotopic (exact) mass is 379 g/mol. The van der Waals surface area contributed by atoms with Crippen LogP contribution in [0.15, 0.2) is 59.8 Å². The number of halogens is 1. The van der Waals surface area contributed by atoms with Crippen molar-refractivity contribution in [2.45, 2.75) is 13.5 Å². The van der Waals surface area contributed by atoms with Crippen LogP contribution in [0.1, 0.15) is 21.6 Å². The Morgan fingerprint density at radius 2 is 2.04 bits per heavy atom. The van der Waals surface area contributed by atoms with Crippen molar-refractivity contribution in [1.82, 2.24) is 14.4 Å². The van der Waals surface area contributed by atoms with Gasteiger partial charge < -0.3 is 4.74 Å². The van der Waals surface area contributed by atoms with Crippen LogP contribution in [0.3, 0.4) is 0 Å². The van der Waals surface area contributed by atoms with Gasteiger partial charge in [0.05, 0.1) is 11.3 Å². The van der Waals surface area contributed by atoms with Crippen molar-refractivity contribution in [2.24, 2.45) is 0 Å². The van der Waals surface area contributed by atoms with Crippen LogP contribution in [0.2, 0.25) is 5.02 Å². The molecule has 7 heteroatoms. The number of carbonyl (C=O) groups excluding carboxylic acids is 1. The van der Waals surface area contributed by atoms with Crippen LogP contribution < -0.4 is 5.56 Å². The number of aromatic nitrogens is 3. The molecule has 0 atom stereocenters. The van der Waals surface area contributed by atoms with Crippen LogP contribution in [0, 0.1) is 6.92 Å². The Labute approximate surface area is 159 Å². The van der Waals surface area contributed by atoms with Gasteiger partial charge in [0.15, 0.2) is 0 Å². The van der Waals surface area contributed by atoms with E-state index in [2.05, 4.69) is 9.97 Å². The van der Waals surface area contributed by atoms with Crippen LogP contribution in [-0.2, 0) is 11.3 Å². The molecule has 0 aliphatic carbocycles. The van der Waals surface area contributed by atoms with Crippen molar-refractivity contribution in [3.63, 3.8) is 0 Å². The molecule has 0 fully saturated rings. The van der Waals surface area contributed by atoms with Gasteiger partial charge in [-0.3, -0.25) is 14.2 Å². The second kappa shape index (κ2) is 6.81. The maximum atomic E-state index is 12.5. The zero-order chi connectivity index (χ0) is 19.0. The summed E-state index contributed by atoms with van der Waals surface area (Å²) in [6, 6.07) is 10.2. The fourth-order valence-electron chi connectivity index (χ4n) is 2.85. The molecule has 4 aromatic rings. The first-order valence-corrected chi connectivity index (χ1v) is 8.58. The first-order chi connectivity index (χ1) is 13.0. The van der Waals surface area contributed by atoms with Gasteiger partial charge in [0, 0.05) is 35.1 Å². The number of hydrogen-bond donors (Lipinski definition) is 0. The number of ether oxygens (including phenoxy) is 1. The molecule has 1 aromatic carbocycles. The van der Waals surface area contributed by atoms with E-state index in [4.69, 9.17) is 16.3 Å². The summed E-state index contributed by atoms with van der Waals surface area (Å²) in [6.07, 6.45) is 4.75. The highest BCUT2D eigenvalue weighted by molar-refractivity contribution is 6.31. The van der Waals surface area contributed by atoms with E-state index in [9.17, 15) is 9.59 Å². The van der Waals surface area contributed by atoms with Crippen molar-refractivity contribution < 1.29 is 9.53 Å². The number of nitrogens with zero attached hydrogens (tertiary/aromatic N) is 3. The fraction of sp³-hybridized carbons (Fsp3) is 0.100. The van der Waals surface area contributed by atoms with E-state index >= 15 is 0 Å². The summed E-state index contributed by atoms with van der Waals surface area (Å²) in [5.74, 6) is -0.540. The summed E-state index contributed by atoms with van der Waals surface area (Å²) in [7, 11) is 0. The smallest absolute Gasteiger partial charge is 0.340 e. The van der Waals surface area contributed by atoms with Crippen LogP contribution in [-0.4, -0.2) is 20.3 Å². The number of pyridine rings is 2. The third kappa shape index (κ3) is 3.39. The van der Waals surface area contributed by atoms with Gasteiger partial charge in [-0.15, -0.1) is 0 Å². The van der Waals surface area contributed by atoms with Crippen LogP contribution >= 0.6 is 11.6 Å². The first-order valence-electron chi connectivity index (χ1n) is 8.20. The molecular formula is C20H14ClN3O3. The zero-order valence-corrected chi connectivity index (χ0v) is 15.1. The van der Waals surface area contributed by atoms with E-state index in [1.54, 1.807) is 36.7 Å². The van der Waals surface area contributed by atoms with Gasteiger partial charge in [0.25, 0.3) is 5.56 Å². The second-order valence-corrected chi connectivity index (χ2v) is 6.58. The van der Waals surface area contributed by atoms with Gasteiger partial charge in [0.2, 0.25) is 0 Å². The predicted octanol–water partition coefficient (Wildman–Crippen LogP) is 3.56. The predicted molar refractivity (Wildman–Crippen MR) is 102 cm³/mol. The average molecular weight is 380 g/mol. The highest BCUT2D eigenvalue weighted by Gasteiger charge is 2.13. The number of fused-ring (bicyclic) bond motifs is 2. The Morgan fingerprint density at radius 3 is 2.89 bits per heavy atom. The molecule has 27 heavy (non-hydrogen) atoms. The van der Waals surface area contributed by atoms with Crippen LogP contribution in [0.5, 0.6) is 0 Å². The summed E-state index contributed by atoms with van der Waals surface area (Å²) in [4.78, 5) is 33.2. The molecule has 0 radical (unpaired) electrons. The third-order valence-electron chi connectivity index (χ3n) is 4.17.